The summed E-state index contributed by atoms with van der Waals surface area (Å²) in [5, 5.41) is 3.00. The quantitative estimate of drug-likeness (QED) is 0.378. The summed E-state index contributed by atoms with van der Waals surface area (Å²) in [6.07, 6.45) is -4.74. The van der Waals surface area contributed by atoms with Crippen LogP contribution in [0, 0.1) is 5.82 Å². The van der Waals surface area contributed by atoms with Gasteiger partial charge in [-0.1, -0.05) is 12.1 Å². The van der Waals surface area contributed by atoms with Gasteiger partial charge >= 0.3 is 12.8 Å². The summed E-state index contributed by atoms with van der Waals surface area (Å²) in [7, 11) is -2.69. The van der Waals surface area contributed by atoms with Crippen molar-refractivity contribution >= 4 is 21.4 Å². The van der Waals surface area contributed by atoms with Crippen LogP contribution in [0.2, 0.25) is 0 Å². The van der Waals surface area contributed by atoms with Crippen molar-refractivity contribution < 1.29 is 39.5 Å². The Morgan fingerprint density at radius 1 is 0.974 bits per heavy atom. The van der Waals surface area contributed by atoms with E-state index in [1.807, 2.05) is 4.90 Å². The minimum atomic E-state index is -4.74. The standard InChI is InChI=1S/C25H23F6N3O3S/c1-32-7-8-33-9-10-34(38(35,36)21-4-2-3-18(14-21)25(29,30)31)23-13-16(5-6-22(23)33)17-11-19(26)15-20(12-17)37-24(27)28/h2-6,11-15,24,32H,7-10H2,1H3. The molecule has 0 aromatic heterocycles. The Labute approximate surface area is 215 Å². The molecule has 0 amide bonds. The fraction of sp³-hybridized carbons (Fsp3) is 0.280. The number of anilines is 2. The monoisotopic (exact) mass is 559 g/mol. The molecular formula is C25H23F6N3O3S. The van der Waals surface area contributed by atoms with Gasteiger partial charge in [0.05, 0.1) is 28.4 Å². The highest BCUT2D eigenvalue weighted by Crippen LogP contribution is 2.41. The first kappa shape index (κ1) is 27.6. The Bertz CT molecular complexity index is 1420. The molecule has 0 radical (unpaired) electrons. The molecule has 0 bridgehead atoms. The molecule has 0 atom stereocenters. The van der Waals surface area contributed by atoms with Crippen molar-refractivity contribution in [1.82, 2.24) is 5.32 Å². The van der Waals surface area contributed by atoms with Crippen LogP contribution < -0.4 is 19.3 Å². The number of hydrogen-bond donors (Lipinski definition) is 1. The zero-order chi connectivity index (χ0) is 27.7. The second-order valence-electron chi connectivity index (χ2n) is 8.45. The molecule has 3 aromatic rings. The van der Waals surface area contributed by atoms with Gasteiger partial charge < -0.3 is 15.0 Å². The predicted octanol–water partition coefficient (Wildman–Crippen LogP) is 5.35. The average Bonchev–Trinajstić information content (AvgIpc) is 2.85. The minimum absolute atomic E-state index is 0.0678. The molecule has 1 aliphatic rings. The van der Waals surface area contributed by atoms with Gasteiger partial charge in [0.1, 0.15) is 11.6 Å². The van der Waals surface area contributed by atoms with Crippen LogP contribution in [0.5, 0.6) is 5.75 Å². The predicted molar refractivity (Wildman–Crippen MR) is 131 cm³/mol. The van der Waals surface area contributed by atoms with Gasteiger partial charge in [-0.05, 0) is 60.6 Å². The van der Waals surface area contributed by atoms with Gasteiger partial charge in [0.2, 0.25) is 0 Å². The van der Waals surface area contributed by atoms with Gasteiger partial charge in [0, 0.05) is 25.7 Å². The lowest BCUT2D eigenvalue weighted by molar-refractivity contribution is -0.137. The molecule has 0 saturated carbocycles. The Morgan fingerprint density at radius 3 is 2.42 bits per heavy atom. The lowest BCUT2D eigenvalue weighted by atomic mass is 10.0. The molecule has 1 aliphatic heterocycles. The zero-order valence-electron chi connectivity index (χ0n) is 20.0. The topological polar surface area (TPSA) is 61.9 Å². The van der Waals surface area contributed by atoms with Gasteiger partial charge in [0.25, 0.3) is 10.0 Å². The number of ether oxygens (including phenoxy) is 1. The van der Waals surface area contributed by atoms with E-state index in [0.29, 0.717) is 30.4 Å². The third kappa shape index (κ3) is 5.83. The Kier molecular flexibility index (Phi) is 7.79. The number of nitrogens with one attached hydrogen (secondary N) is 1. The summed E-state index contributed by atoms with van der Waals surface area (Å²) in [6, 6.07) is 11.1. The maximum atomic E-state index is 14.2. The molecule has 13 heteroatoms. The molecular weight excluding hydrogens is 536 g/mol. The molecule has 1 N–H and O–H groups in total. The third-order valence-electron chi connectivity index (χ3n) is 5.97. The first-order valence-electron chi connectivity index (χ1n) is 11.4. The summed E-state index contributed by atoms with van der Waals surface area (Å²) in [4.78, 5) is 1.37. The van der Waals surface area contributed by atoms with Gasteiger partial charge in [-0.15, -0.1) is 0 Å². The largest absolute Gasteiger partial charge is 0.435 e. The van der Waals surface area contributed by atoms with Crippen LogP contribution in [-0.2, 0) is 16.2 Å². The summed E-state index contributed by atoms with van der Waals surface area (Å²) in [5.41, 5.74) is -0.0186. The minimum Gasteiger partial charge on any atom is -0.435 e. The number of hydrogen-bond acceptors (Lipinski definition) is 5. The van der Waals surface area contributed by atoms with Crippen LogP contribution in [-0.4, -0.2) is 48.3 Å². The fourth-order valence-corrected chi connectivity index (χ4v) is 5.72. The number of likely N-dealkylation sites (N-methyl/N-ethyl adjacent to an activating group) is 1. The number of nitrogens with zero attached hydrogens (tertiary/aromatic N) is 2. The highest BCUT2D eigenvalue weighted by atomic mass is 32.2. The molecule has 0 unspecified atom stereocenters. The maximum absolute atomic E-state index is 14.2. The highest BCUT2D eigenvalue weighted by molar-refractivity contribution is 7.92. The van der Waals surface area contributed by atoms with Crippen LogP contribution in [0.4, 0.5) is 37.7 Å². The molecule has 0 saturated heterocycles. The summed E-state index contributed by atoms with van der Waals surface area (Å²) in [5.74, 6) is -1.27. The van der Waals surface area contributed by atoms with Crippen LogP contribution in [0.1, 0.15) is 5.56 Å². The van der Waals surface area contributed by atoms with Crippen molar-refractivity contribution in [3.8, 4) is 16.9 Å². The molecule has 1 heterocycles. The summed E-state index contributed by atoms with van der Waals surface area (Å²) < 4.78 is 112. The average molecular weight is 560 g/mol. The van der Waals surface area contributed by atoms with E-state index in [1.165, 1.54) is 12.1 Å². The van der Waals surface area contributed by atoms with E-state index in [4.69, 9.17) is 0 Å². The molecule has 6 nitrogen and oxygen atoms in total. The number of sulfonamides is 1. The molecule has 0 aliphatic carbocycles. The first-order valence-corrected chi connectivity index (χ1v) is 12.8. The van der Waals surface area contributed by atoms with Gasteiger partial charge in [-0.25, -0.2) is 12.8 Å². The van der Waals surface area contributed by atoms with Gasteiger partial charge in [0.15, 0.2) is 0 Å². The molecule has 3 aromatic carbocycles. The molecule has 0 spiro atoms. The van der Waals surface area contributed by atoms with Crippen LogP contribution in [0.15, 0.2) is 65.6 Å². The van der Waals surface area contributed by atoms with E-state index in [2.05, 4.69) is 10.1 Å². The van der Waals surface area contributed by atoms with Crippen molar-refractivity contribution in [2.75, 3.05) is 42.4 Å². The second-order valence-corrected chi connectivity index (χ2v) is 10.3. The van der Waals surface area contributed by atoms with Crippen LogP contribution >= 0.6 is 0 Å². The van der Waals surface area contributed by atoms with E-state index in [9.17, 15) is 34.8 Å². The molecule has 4 rings (SSSR count). The highest BCUT2D eigenvalue weighted by Gasteiger charge is 2.35. The summed E-state index contributed by atoms with van der Waals surface area (Å²) >= 11 is 0. The van der Waals surface area contributed by atoms with Crippen LogP contribution in [0.25, 0.3) is 11.1 Å². The number of rotatable bonds is 8. The van der Waals surface area contributed by atoms with E-state index in [0.717, 1.165) is 34.6 Å². The van der Waals surface area contributed by atoms with Crippen molar-refractivity contribution in [2.24, 2.45) is 0 Å². The molecule has 204 valence electrons. The number of fused-ring (bicyclic) bond motifs is 1. The third-order valence-corrected chi connectivity index (χ3v) is 7.78. The van der Waals surface area contributed by atoms with Crippen molar-refractivity contribution in [3.05, 3.63) is 72.0 Å². The maximum Gasteiger partial charge on any atom is 0.416 e. The van der Waals surface area contributed by atoms with E-state index in [1.54, 1.807) is 19.2 Å². The lowest BCUT2D eigenvalue weighted by Crippen LogP contribution is -2.45. The first-order chi connectivity index (χ1) is 17.9. The Hall–Kier alpha value is -3.45. The van der Waals surface area contributed by atoms with E-state index >= 15 is 0 Å². The Balaban J connectivity index is 1.82. The van der Waals surface area contributed by atoms with Crippen molar-refractivity contribution in [1.29, 1.82) is 0 Å². The zero-order valence-corrected chi connectivity index (χ0v) is 20.8. The molecule has 0 fully saturated rings. The number of alkyl halides is 5. The van der Waals surface area contributed by atoms with Gasteiger partial charge in [-0.2, -0.15) is 22.0 Å². The van der Waals surface area contributed by atoms with Crippen molar-refractivity contribution in [3.63, 3.8) is 0 Å². The fourth-order valence-electron chi connectivity index (χ4n) is 4.21. The second kappa shape index (κ2) is 10.7. The molecule has 38 heavy (non-hydrogen) atoms. The normalized spacial score (nSPS) is 14.1. The lowest BCUT2D eigenvalue weighted by Gasteiger charge is -2.38. The van der Waals surface area contributed by atoms with Crippen molar-refractivity contribution in [2.45, 2.75) is 17.7 Å². The van der Waals surface area contributed by atoms with Gasteiger partial charge in [-0.3, -0.25) is 4.31 Å². The summed E-state index contributed by atoms with van der Waals surface area (Å²) in [6.45, 7) is -1.91. The van der Waals surface area contributed by atoms with E-state index < -0.39 is 44.8 Å². The SMILES string of the molecule is CNCCN1CCN(S(=O)(=O)c2cccc(C(F)(F)F)c2)c2cc(-c3cc(F)cc(OC(F)F)c3)ccc21. The van der Waals surface area contributed by atoms with Crippen LogP contribution in [0.3, 0.4) is 0 Å². The number of halogens is 6. The Morgan fingerprint density at radius 2 is 1.74 bits per heavy atom. The smallest absolute Gasteiger partial charge is 0.416 e. The number of benzene rings is 3. The van der Waals surface area contributed by atoms with E-state index in [-0.39, 0.29) is 24.3 Å².